The Balaban J connectivity index is 0.000000241. The fourth-order valence-corrected chi connectivity index (χ4v) is 5.22. The summed E-state index contributed by atoms with van der Waals surface area (Å²) in [6, 6.07) is 21.4. The molecule has 2 aromatic carbocycles. The Kier molecular flexibility index (Phi) is 10.00. The number of allylic oxidation sites excluding steroid dienone is 8. The zero-order chi connectivity index (χ0) is 24.0. The van der Waals surface area contributed by atoms with Crippen LogP contribution in [0, 0.1) is 14.9 Å². The van der Waals surface area contributed by atoms with E-state index >= 15 is 0 Å². The molecule has 0 bridgehead atoms. The number of benzene rings is 2. The Labute approximate surface area is 238 Å². The zero-order valence-corrected chi connectivity index (χ0v) is 25.2. The molecule has 0 unspecified atom stereocenters. The predicted molar refractivity (Wildman–Crippen MR) is 161 cm³/mol. The van der Waals surface area contributed by atoms with Crippen LogP contribution in [0.5, 0.6) is 0 Å². The van der Waals surface area contributed by atoms with Crippen molar-refractivity contribution in [1.82, 2.24) is 9.97 Å². The van der Waals surface area contributed by atoms with Gasteiger partial charge in [-0.15, -0.1) is 0 Å². The predicted octanol–water partition coefficient (Wildman–Crippen LogP) is 10.3. The van der Waals surface area contributed by atoms with Gasteiger partial charge >= 0.3 is 21.7 Å². The van der Waals surface area contributed by atoms with E-state index in [4.69, 9.17) is 0 Å². The topological polar surface area (TPSA) is 31.6 Å². The molecule has 0 spiro atoms. The number of aromatic amines is 2. The van der Waals surface area contributed by atoms with Gasteiger partial charge in [0, 0.05) is 22.4 Å². The molecule has 3 heteroatoms. The summed E-state index contributed by atoms with van der Waals surface area (Å²) in [5.41, 5.74) is 16.7. The first kappa shape index (κ1) is 30.4. The number of H-pyrrole nitrogens is 2. The number of nitrogens with one attached hydrogen (secondary N) is 2. The molecular formula is C34H40N2Ti. The van der Waals surface area contributed by atoms with Crippen molar-refractivity contribution in [3.63, 3.8) is 0 Å². The second-order valence-electron chi connectivity index (χ2n) is 9.91. The molecule has 2 aromatic heterocycles. The quantitative estimate of drug-likeness (QED) is 0.193. The summed E-state index contributed by atoms with van der Waals surface area (Å²) in [6.07, 6.45) is 2.18. The number of rotatable bonds is 2. The van der Waals surface area contributed by atoms with E-state index in [1.165, 1.54) is 77.8 Å². The first-order valence-corrected chi connectivity index (χ1v) is 12.2. The third-order valence-electron chi connectivity index (χ3n) is 7.90. The van der Waals surface area contributed by atoms with Crippen molar-refractivity contribution < 1.29 is 21.7 Å². The molecule has 2 heterocycles. The maximum atomic E-state index is 3.52. The van der Waals surface area contributed by atoms with Crippen LogP contribution in [-0.4, -0.2) is 9.97 Å². The van der Waals surface area contributed by atoms with Crippen molar-refractivity contribution in [1.29, 1.82) is 0 Å². The fraction of sp³-hybridized carbons (Fsp3) is 0.235. The van der Waals surface area contributed by atoms with Crippen LogP contribution in [0.15, 0.2) is 94.1 Å². The Morgan fingerprint density at radius 1 is 0.514 bits per heavy atom. The summed E-state index contributed by atoms with van der Waals surface area (Å²) < 4.78 is 0. The molecule has 0 aliphatic heterocycles. The summed E-state index contributed by atoms with van der Waals surface area (Å²) >= 11 is 0. The van der Waals surface area contributed by atoms with Crippen LogP contribution in [0.1, 0.15) is 65.8 Å². The standard InChI is InChI=1S/2C16H17N.2CH3.Ti/c2*1-10-8-14(12(3)11(10)2)16-9-13-6-4-5-7-15(13)17-16;;;/h2*4-7,9,17H,8H2,1-3H3;2*1H3;/q;;2*-1;+2. The smallest absolute Gasteiger partial charge is 0.358 e. The van der Waals surface area contributed by atoms with Crippen molar-refractivity contribution >= 4 is 33.0 Å². The second kappa shape index (κ2) is 12.2. The summed E-state index contributed by atoms with van der Waals surface area (Å²) in [5, 5.41) is 2.59. The van der Waals surface area contributed by atoms with Gasteiger partial charge in [-0.05, 0) is 123 Å². The number of para-hydroxylation sites is 2. The van der Waals surface area contributed by atoms with Gasteiger partial charge in [-0.3, -0.25) is 0 Å². The van der Waals surface area contributed by atoms with E-state index in [1.54, 1.807) is 0 Å². The number of hydrogen-bond acceptors (Lipinski definition) is 0. The van der Waals surface area contributed by atoms with E-state index in [9.17, 15) is 0 Å². The fourth-order valence-electron chi connectivity index (χ4n) is 5.22. The van der Waals surface area contributed by atoms with Gasteiger partial charge in [-0.25, -0.2) is 0 Å². The maximum absolute atomic E-state index is 3.52. The largest absolute Gasteiger partial charge is 2.00 e. The third-order valence-corrected chi connectivity index (χ3v) is 7.90. The molecular weight excluding hydrogens is 484 g/mol. The van der Waals surface area contributed by atoms with Crippen molar-refractivity contribution in [3.8, 4) is 0 Å². The van der Waals surface area contributed by atoms with Gasteiger partial charge in [-0.1, -0.05) is 47.5 Å². The van der Waals surface area contributed by atoms with Gasteiger partial charge in [0.2, 0.25) is 0 Å². The minimum absolute atomic E-state index is 0. The van der Waals surface area contributed by atoms with Crippen LogP contribution >= 0.6 is 0 Å². The molecule has 190 valence electrons. The average Bonchev–Trinajstić information content (AvgIpc) is 3.58. The van der Waals surface area contributed by atoms with Crippen molar-refractivity contribution in [2.75, 3.05) is 0 Å². The van der Waals surface area contributed by atoms with E-state index in [0.29, 0.717) is 0 Å². The summed E-state index contributed by atoms with van der Waals surface area (Å²) in [7, 11) is 0. The number of hydrogen-bond donors (Lipinski definition) is 2. The van der Waals surface area contributed by atoms with Crippen LogP contribution in [0.2, 0.25) is 0 Å². The Bertz CT molecular complexity index is 1360. The van der Waals surface area contributed by atoms with Gasteiger partial charge in [0.1, 0.15) is 0 Å². The van der Waals surface area contributed by atoms with Crippen molar-refractivity contribution in [2.24, 2.45) is 0 Å². The van der Waals surface area contributed by atoms with Crippen LogP contribution in [0.4, 0.5) is 0 Å². The summed E-state index contributed by atoms with van der Waals surface area (Å²) in [5.74, 6) is 0. The summed E-state index contributed by atoms with van der Waals surface area (Å²) in [6.45, 7) is 13.4. The second-order valence-corrected chi connectivity index (χ2v) is 9.91. The molecule has 0 fully saturated rings. The molecule has 0 amide bonds. The number of aromatic nitrogens is 2. The molecule has 0 saturated carbocycles. The molecule has 4 aromatic rings. The monoisotopic (exact) mass is 524 g/mol. The van der Waals surface area contributed by atoms with Gasteiger partial charge in [-0.2, -0.15) is 0 Å². The van der Waals surface area contributed by atoms with Crippen molar-refractivity contribution in [2.45, 2.75) is 54.4 Å². The van der Waals surface area contributed by atoms with Crippen molar-refractivity contribution in [3.05, 3.63) is 120 Å². The molecule has 2 N–H and O–H groups in total. The van der Waals surface area contributed by atoms with E-state index in [2.05, 4.69) is 112 Å². The van der Waals surface area contributed by atoms with E-state index < -0.39 is 0 Å². The molecule has 0 saturated heterocycles. The Morgan fingerprint density at radius 2 is 0.865 bits per heavy atom. The van der Waals surface area contributed by atoms with Crippen LogP contribution in [0.3, 0.4) is 0 Å². The SMILES string of the molecule is CC1=C(C)C(C)=C(c2cc3ccccc3[nH]2)C1.CC1=C(C)C(C)=C(c2cc3ccccc3[nH]2)C1.[CH3-].[CH3-].[Ti+2]. The molecule has 6 rings (SSSR count). The average molecular weight is 525 g/mol. The Morgan fingerprint density at radius 3 is 1.16 bits per heavy atom. The first-order valence-electron chi connectivity index (χ1n) is 12.2. The molecule has 2 nitrogen and oxygen atoms in total. The number of fused-ring (bicyclic) bond motifs is 2. The Hall–Kier alpha value is -2.81. The van der Waals surface area contributed by atoms with Gasteiger partial charge in [0.05, 0.1) is 0 Å². The van der Waals surface area contributed by atoms with E-state index in [1.807, 2.05) is 0 Å². The molecule has 0 atom stereocenters. The van der Waals surface area contributed by atoms with E-state index in [-0.39, 0.29) is 36.6 Å². The zero-order valence-electron chi connectivity index (χ0n) is 23.7. The molecule has 0 radical (unpaired) electrons. The molecule has 37 heavy (non-hydrogen) atoms. The maximum Gasteiger partial charge on any atom is 2.00 e. The van der Waals surface area contributed by atoms with E-state index in [0.717, 1.165) is 12.8 Å². The third kappa shape index (κ3) is 5.71. The van der Waals surface area contributed by atoms with Crippen LogP contribution in [0.25, 0.3) is 33.0 Å². The normalized spacial score (nSPS) is 15.1. The van der Waals surface area contributed by atoms with Gasteiger partial charge < -0.3 is 24.8 Å². The summed E-state index contributed by atoms with van der Waals surface area (Å²) in [4.78, 5) is 7.05. The van der Waals surface area contributed by atoms with Gasteiger partial charge in [0.25, 0.3) is 0 Å². The minimum Gasteiger partial charge on any atom is -0.358 e. The first-order chi connectivity index (χ1) is 16.3. The van der Waals surface area contributed by atoms with Crippen LogP contribution in [-0.2, 0) is 21.7 Å². The van der Waals surface area contributed by atoms with Gasteiger partial charge in [0.15, 0.2) is 0 Å². The van der Waals surface area contributed by atoms with Crippen LogP contribution < -0.4 is 0 Å². The minimum atomic E-state index is 0. The molecule has 2 aliphatic carbocycles. The molecule has 2 aliphatic rings.